The summed E-state index contributed by atoms with van der Waals surface area (Å²) in [6, 6.07) is 0. The van der Waals surface area contributed by atoms with Crippen molar-refractivity contribution in [3.05, 3.63) is 12.0 Å². The van der Waals surface area contributed by atoms with Gasteiger partial charge in [-0.1, -0.05) is 19.8 Å². The molecule has 0 aliphatic heterocycles. The van der Waals surface area contributed by atoms with E-state index in [1.54, 1.807) is 0 Å². The van der Waals surface area contributed by atoms with Gasteiger partial charge in [0.15, 0.2) is 0 Å². The Labute approximate surface area is 127 Å². The minimum absolute atomic E-state index is 0.540. The average Bonchev–Trinajstić information content (AvgIpc) is 2.36. The van der Waals surface area contributed by atoms with Gasteiger partial charge in [0.05, 0.1) is 0 Å². The van der Waals surface area contributed by atoms with Crippen LogP contribution in [-0.2, 0) is 4.43 Å². The SMILES string of the molecule is C[C@@]12CCC[C+](O[Si](C)(C)C)[C@@H]1[C@H]1CCCC[C]1CC2. The van der Waals surface area contributed by atoms with E-state index in [1.165, 1.54) is 63.9 Å². The predicted octanol–water partition coefficient (Wildman–Crippen LogP) is 5.73. The highest BCUT2D eigenvalue weighted by molar-refractivity contribution is 6.69. The number of hydrogen-bond donors (Lipinski definition) is 0. The molecule has 3 saturated carbocycles. The minimum Gasteiger partial charge on any atom is -0.244 e. The Morgan fingerprint density at radius 3 is 2.65 bits per heavy atom. The Morgan fingerprint density at radius 2 is 1.90 bits per heavy atom. The molecule has 113 valence electrons. The van der Waals surface area contributed by atoms with E-state index in [4.69, 9.17) is 4.43 Å². The van der Waals surface area contributed by atoms with Gasteiger partial charge in [-0.15, -0.1) is 0 Å². The van der Waals surface area contributed by atoms with Gasteiger partial charge in [-0.25, -0.2) is 4.43 Å². The van der Waals surface area contributed by atoms with E-state index in [0.29, 0.717) is 5.41 Å². The Hall–Kier alpha value is 0.0469. The zero-order valence-electron chi connectivity index (χ0n) is 13.9. The van der Waals surface area contributed by atoms with Crippen molar-refractivity contribution in [1.82, 2.24) is 0 Å². The molecular formula is C18H32OSi+. The Bertz CT molecular complexity index is 348. The first-order valence-electron chi connectivity index (χ1n) is 8.78. The average molecular weight is 293 g/mol. The maximum atomic E-state index is 6.60. The molecule has 0 aromatic heterocycles. The second kappa shape index (κ2) is 5.35. The minimum atomic E-state index is -1.46. The van der Waals surface area contributed by atoms with Crippen molar-refractivity contribution in [3.63, 3.8) is 0 Å². The molecule has 0 aromatic rings. The summed E-state index contributed by atoms with van der Waals surface area (Å²) in [5.74, 6) is 3.53. The Morgan fingerprint density at radius 1 is 1.10 bits per heavy atom. The van der Waals surface area contributed by atoms with Gasteiger partial charge in [0, 0.05) is 11.3 Å². The van der Waals surface area contributed by atoms with Gasteiger partial charge in [-0.2, -0.15) is 0 Å². The lowest BCUT2D eigenvalue weighted by Gasteiger charge is -2.51. The molecule has 3 aliphatic carbocycles. The van der Waals surface area contributed by atoms with Gasteiger partial charge in [0.1, 0.15) is 12.3 Å². The van der Waals surface area contributed by atoms with Crippen LogP contribution in [0.2, 0.25) is 19.6 Å². The molecule has 0 unspecified atom stereocenters. The van der Waals surface area contributed by atoms with E-state index in [2.05, 4.69) is 26.6 Å². The van der Waals surface area contributed by atoms with Crippen LogP contribution < -0.4 is 0 Å². The molecule has 3 atom stereocenters. The van der Waals surface area contributed by atoms with Crippen LogP contribution in [0.25, 0.3) is 0 Å². The molecule has 1 radical (unpaired) electrons. The summed E-state index contributed by atoms with van der Waals surface area (Å²) in [4.78, 5) is 0. The van der Waals surface area contributed by atoms with Gasteiger partial charge in [0.25, 0.3) is 8.32 Å². The molecule has 0 N–H and O–H groups in total. The molecule has 0 spiro atoms. The number of rotatable bonds is 2. The molecule has 3 rings (SSSR count). The van der Waals surface area contributed by atoms with Gasteiger partial charge >= 0.3 is 0 Å². The standard InChI is InChI=1S/C18H32OSi/c1-18-12-7-10-16(19-20(2,3)4)17(18)15-9-6-5-8-14(15)11-13-18/h15,17H,5-13H2,1-4H3/q+1/t15-,17-,18-/m0/s1. The lowest BCUT2D eigenvalue weighted by atomic mass is 9.51. The van der Waals surface area contributed by atoms with Gasteiger partial charge < -0.3 is 0 Å². The molecular weight excluding hydrogens is 260 g/mol. The third-order valence-electron chi connectivity index (χ3n) is 5.91. The quantitative estimate of drug-likeness (QED) is 0.466. The highest BCUT2D eigenvalue weighted by Crippen LogP contribution is 2.61. The normalized spacial score (nSPS) is 39.3. The van der Waals surface area contributed by atoms with Crippen LogP contribution in [0.4, 0.5) is 0 Å². The molecule has 0 aromatic carbocycles. The van der Waals surface area contributed by atoms with Gasteiger partial charge in [-0.05, 0) is 64.1 Å². The molecule has 1 nitrogen and oxygen atoms in total. The fourth-order valence-corrected chi connectivity index (χ4v) is 6.14. The van der Waals surface area contributed by atoms with Crippen LogP contribution in [0, 0.1) is 29.3 Å². The zero-order valence-corrected chi connectivity index (χ0v) is 14.9. The summed E-state index contributed by atoms with van der Waals surface area (Å²) in [5, 5.41) is 0. The van der Waals surface area contributed by atoms with Crippen molar-refractivity contribution in [2.75, 3.05) is 0 Å². The van der Waals surface area contributed by atoms with Crippen molar-refractivity contribution in [2.45, 2.75) is 84.4 Å². The van der Waals surface area contributed by atoms with Crippen LogP contribution in [-0.4, -0.2) is 8.32 Å². The molecule has 0 bridgehead atoms. The van der Waals surface area contributed by atoms with Crippen LogP contribution in [0.3, 0.4) is 0 Å². The third kappa shape index (κ3) is 2.83. The molecule has 0 amide bonds. The van der Waals surface area contributed by atoms with Crippen molar-refractivity contribution in [2.24, 2.45) is 17.3 Å². The van der Waals surface area contributed by atoms with Crippen LogP contribution >= 0.6 is 0 Å². The van der Waals surface area contributed by atoms with E-state index in [9.17, 15) is 0 Å². The molecule has 20 heavy (non-hydrogen) atoms. The van der Waals surface area contributed by atoms with Crippen molar-refractivity contribution < 1.29 is 4.43 Å². The van der Waals surface area contributed by atoms with Crippen LogP contribution in [0.15, 0.2) is 0 Å². The van der Waals surface area contributed by atoms with Crippen molar-refractivity contribution in [3.8, 4) is 0 Å². The van der Waals surface area contributed by atoms with Crippen LogP contribution in [0.5, 0.6) is 0 Å². The largest absolute Gasteiger partial charge is 0.253 e. The lowest BCUT2D eigenvalue weighted by Crippen LogP contribution is -2.49. The van der Waals surface area contributed by atoms with E-state index in [-0.39, 0.29) is 0 Å². The first-order valence-corrected chi connectivity index (χ1v) is 12.2. The fourth-order valence-electron chi connectivity index (χ4n) is 5.13. The van der Waals surface area contributed by atoms with Crippen molar-refractivity contribution >= 4 is 8.32 Å². The molecule has 3 fully saturated rings. The fraction of sp³-hybridized carbons (Fsp3) is 0.889. The van der Waals surface area contributed by atoms with E-state index >= 15 is 0 Å². The van der Waals surface area contributed by atoms with Gasteiger partial charge in [-0.3, -0.25) is 0 Å². The Balaban J connectivity index is 1.84. The molecule has 3 aliphatic rings. The topological polar surface area (TPSA) is 9.23 Å². The summed E-state index contributed by atoms with van der Waals surface area (Å²) in [7, 11) is -1.46. The highest BCUT2D eigenvalue weighted by atomic mass is 28.4. The second-order valence-electron chi connectivity index (χ2n) is 8.68. The predicted molar refractivity (Wildman–Crippen MR) is 87.6 cm³/mol. The van der Waals surface area contributed by atoms with Crippen molar-refractivity contribution in [1.29, 1.82) is 0 Å². The first-order chi connectivity index (χ1) is 9.39. The molecule has 2 heteroatoms. The zero-order chi connectivity index (χ0) is 14.4. The second-order valence-corrected chi connectivity index (χ2v) is 13.1. The Kier molecular flexibility index (Phi) is 4.00. The maximum absolute atomic E-state index is 6.60. The van der Waals surface area contributed by atoms with Crippen LogP contribution in [0.1, 0.15) is 64.7 Å². The summed E-state index contributed by atoms with van der Waals surface area (Å²) in [6.45, 7) is 9.61. The number of hydrogen-bond acceptors (Lipinski definition) is 1. The summed E-state index contributed by atoms with van der Waals surface area (Å²) in [5.41, 5.74) is 0.540. The van der Waals surface area contributed by atoms with E-state index in [1.807, 2.05) is 5.92 Å². The summed E-state index contributed by atoms with van der Waals surface area (Å²) in [6.07, 6.45) is 14.1. The first kappa shape index (κ1) is 15.0. The smallest absolute Gasteiger partial charge is 0.244 e. The monoisotopic (exact) mass is 292 g/mol. The number of fused-ring (bicyclic) bond motifs is 3. The maximum Gasteiger partial charge on any atom is 0.253 e. The molecule has 0 saturated heterocycles. The summed E-state index contributed by atoms with van der Waals surface area (Å²) >= 11 is 0. The molecule has 0 heterocycles. The van der Waals surface area contributed by atoms with E-state index < -0.39 is 8.32 Å². The van der Waals surface area contributed by atoms with Gasteiger partial charge in [0.2, 0.25) is 6.10 Å². The highest BCUT2D eigenvalue weighted by Gasteiger charge is 2.59. The summed E-state index contributed by atoms with van der Waals surface area (Å²) < 4.78 is 6.60. The third-order valence-corrected chi connectivity index (χ3v) is 6.79. The van der Waals surface area contributed by atoms with E-state index in [0.717, 1.165) is 11.8 Å². The lowest BCUT2D eigenvalue weighted by molar-refractivity contribution is -0.0137.